The van der Waals surface area contributed by atoms with Crippen molar-refractivity contribution in [2.75, 3.05) is 0 Å². The molecule has 0 fully saturated rings. The van der Waals surface area contributed by atoms with Gasteiger partial charge in [-0.25, -0.2) is 0 Å². The molecule has 17 aromatic carbocycles. The number of fused-ring (bicyclic) bond motifs is 12. The molecule has 21 aromatic rings. The van der Waals surface area contributed by atoms with Crippen molar-refractivity contribution < 1.29 is 8.83 Å². The zero-order valence-electron chi connectivity index (χ0n) is 57.8. The van der Waals surface area contributed by atoms with Crippen molar-refractivity contribution in [3.63, 3.8) is 0 Å². The summed E-state index contributed by atoms with van der Waals surface area (Å²) in [6.45, 7) is 0. The average molecular weight is 1350 g/mol. The molecule has 0 radical (unpaired) electrons. The third kappa shape index (κ3) is 11.0. The number of hydrogen-bond donors (Lipinski definition) is 0. The molecule has 0 saturated carbocycles. The van der Waals surface area contributed by atoms with Crippen LogP contribution in [0.5, 0.6) is 0 Å². The second-order valence-corrected chi connectivity index (χ2v) is 27.5. The predicted octanol–water partition coefficient (Wildman–Crippen LogP) is 28.4. The Morgan fingerprint density at radius 3 is 0.887 bits per heavy atom. The highest BCUT2D eigenvalue weighted by atomic mass is 16.3. The van der Waals surface area contributed by atoms with Gasteiger partial charge in [0.1, 0.15) is 22.3 Å². The van der Waals surface area contributed by atoms with Gasteiger partial charge in [0.15, 0.2) is 0 Å². The quantitative estimate of drug-likeness (QED) is 0.129. The van der Waals surface area contributed by atoms with Gasteiger partial charge in [-0.1, -0.05) is 285 Å². The highest BCUT2D eigenvalue weighted by Crippen LogP contribution is 2.45. The topological polar surface area (TPSA) is 36.1 Å². The summed E-state index contributed by atoms with van der Waals surface area (Å²) in [5.41, 5.74) is 31.7. The van der Waals surface area contributed by atoms with Crippen molar-refractivity contribution in [2.45, 2.75) is 0 Å². The molecule has 106 heavy (non-hydrogen) atoms. The van der Waals surface area contributed by atoms with E-state index in [9.17, 15) is 0 Å². The molecule has 4 nitrogen and oxygen atoms in total. The maximum Gasteiger partial charge on any atom is 0.143 e. The van der Waals surface area contributed by atoms with E-state index < -0.39 is 0 Å². The highest BCUT2D eigenvalue weighted by Gasteiger charge is 2.21. The summed E-state index contributed by atoms with van der Waals surface area (Å²) in [6.07, 6.45) is 0. The van der Waals surface area contributed by atoms with Gasteiger partial charge in [0.05, 0.1) is 22.1 Å². The van der Waals surface area contributed by atoms with Gasteiger partial charge in [-0.05, 0) is 204 Å². The van der Waals surface area contributed by atoms with E-state index in [0.29, 0.717) is 0 Å². The van der Waals surface area contributed by atoms with E-state index in [-0.39, 0.29) is 0 Å². The van der Waals surface area contributed by atoms with Gasteiger partial charge < -0.3 is 18.0 Å². The molecule has 0 aliphatic heterocycles. The fraction of sp³-hybridized carbons (Fsp3) is 0. The number of para-hydroxylation sites is 7. The minimum absolute atomic E-state index is 0.902. The average Bonchev–Trinajstić information content (AvgIpc) is 1.57. The van der Waals surface area contributed by atoms with Crippen LogP contribution >= 0.6 is 0 Å². The van der Waals surface area contributed by atoms with Gasteiger partial charge >= 0.3 is 0 Å². The maximum absolute atomic E-state index is 6.57. The molecular formula is C102H66N2O2. The van der Waals surface area contributed by atoms with Crippen molar-refractivity contribution in [1.82, 2.24) is 9.13 Å². The molecule has 0 unspecified atom stereocenters. The summed E-state index contributed by atoms with van der Waals surface area (Å²) in [7, 11) is 0. The minimum Gasteiger partial charge on any atom is -0.455 e. The van der Waals surface area contributed by atoms with Crippen LogP contribution in [0.15, 0.2) is 409 Å². The third-order valence-corrected chi connectivity index (χ3v) is 21.2. The molecule has 0 aliphatic carbocycles. The first-order valence-corrected chi connectivity index (χ1v) is 36.3. The highest BCUT2D eigenvalue weighted by molar-refractivity contribution is 6.14. The molecule has 0 N–H and O–H groups in total. The molecule has 0 spiro atoms. The molecule has 21 rings (SSSR count). The van der Waals surface area contributed by atoms with Gasteiger partial charge in [0, 0.05) is 65.6 Å². The monoisotopic (exact) mass is 1350 g/mol. The van der Waals surface area contributed by atoms with Gasteiger partial charge in [-0.15, -0.1) is 0 Å². The Morgan fingerprint density at radius 2 is 0.425 bits per heavy atom. The Labute approximate surface area is 613 Å². The van der Waals surface area contributed by atoms with Crippen molar-refractivity contribution >= 4 is 87.5 Å². The van der Waals surface area contributed by atoms with Gasteiger partial charge in [-0.3, -0.25) is 0 Å². The summed E-state index contributed by atoms with van der Waals surface area (Å²) in [4.78, 5) is 0. The van der Waals surface area contributed by atoms with Gasteiger partial charge in [-0.2, -0.15) is 0 Å². The van der Waals surface area contributed by atoms with Crippen LogP contribution in [0.3, 0.4) is 0 Å². The fourth-order valence-corrected chi connectivity index (χ4v) is 16.0. The molecule has 4 aromatic heterocycles. The number of rotatable bonds is 11. The Morgan fingerprint density at radius 1 is 0.151 bits per heavy atom. The molecule has 0 aliphatic rings. The second kappa shape index (κ2) is 26.1. The summed E-state index contributed by atoms with van der Waals surface area (Å²) < 4.78 is 17.9. The molecular weight excluding hydrogens is 1290 g/mol. The first-order chi connectivity index (χ1) is 52.5. The number of aromatic nitrogens is 2. The number of furan rings is 2. The summed E-state index contributed by atoms with van der Waals surface area (Å²) in [6, 6.07) is 144. The van der Waals surface area contributed by atoms with E-state index in [1.54, 1.807) is 0 Å². The Kier molecular flexibility index (Phi) is 15.2. The molecule has 496 valence electrons. The zero-order chi connectivity index (χ0) is 70.0. The van der Waals surface area contributed by atoms with E-state index in [1.165, 1.54) is 99.2 Å². The van der Waals surface area contributed by atoms with Crippen LogP contribution in [-0.2, 0) is 0 Å². The molecule has 4 heteroatoms. The molecule has 0 saturated heterocycles. The minimum atomic E-state index is 0.902. The van der Waals surface area contributed by atoms with Crippen LogP contribution < -0.4 is 0 Å². The lowest BCUT2D eigenvalue weighted by Gasteiger charge is -2.13. The molecule has 0 atom stereocenters. The maximum atomic E-state index is 6.57. The van der Waals surface area contributed by atoms with Gasteiger partial charge in [0.2, 0.25) is 0 Å². The largest absolute Gasteiger partial charge is 0.455 e. The summed E-state index contributed by atoms with van der Waals surface area (Å²) in [5.74, 6) is 0. The van der Waals surface area contributed by atoms with Crippen molar-refractivity contribution in [1.29, 1.82) is 0 Å². The van der Waals surface area contributed by atoms with E-state index in [0.717, 1.165) is 99.8 Å². The fourth-order valence-electron chi connectivity index (χ4n) is 16.0. The lowest BCUT2D eigenvalue weighted by atomic mass is 9.91. The van der Waals surface area contributed by atoms with Crippen molar-refractivity contribution in [3.05, 3.63) is 400 Å². The first-order valence-electron chi connectivity index (χ1n) is 36.3. The number of hydrogen-bond acceptors (Lipinski definition) is 2. The van der Waals surface area contributed by atoms with E-state index in [1.807, 2.05) is 12.1 Å². The van der Waals surface area contributed by atoms with E-state index in [4.69, 9.17) is 8.83 Å². The van der Waals surface area contributed by atoms with Crippen molar-refractivity contribution in [2.24, 2.45) is 0 Å². The smallest absolute Gasteiger partial charge is 0.143 e. The molecule has 4 heterocycles. The van der Waals surface area contributed by atoms with E-state index in [2.05, 4.69) is 397 Å². The lowest BCUT2D eigenvalue weighted by molar-refractivity contribution is 0.669. The predicted molar refractivity (Wildman–Crippen MR) is 445 cm³/mol. The Bertz CT molecular complexity index is 6900. The lowest BCUT2D eigenvalue weighted by Crippen LogP contribution is -1.93. The Hall–Kier alpha value is -14.1. The third-order valence-electron chi connectivity index (χ3n) is 21.2. The Balaban J connectivity index is 0.000000141. The second-order valence-electron chi connectivity index (χ2n) is 27.5. The number of nitrogens with zero attached hydrogens (tertiary/aromatic N) is 2. The SMILES string of the molecule is c1ccc(-c2ccc(-c3cc(-c4ccc5c(c4)c4ccccc4n5-c4ccc(-c5ccccc5)cc4)cc(-c4cccc5c4oc4ccccc45)c3)cc2)cc1.c1ccc(-c2cccc(-c3cc(-c4ccc5c(c4)c4ccccc4n5-c4ccccc4)cc(-c4cccc5c4oc4ccccc45)c3)c2)cc1. The van der Waals surface area contributed by atoms with Crippen LogP contribution in [0.1, 0.15) is 0 Å². The normalized spacial score (nSPS) is 11.6. The van der Waals surface area contributed by atoms with Crippen LogP contribution in [-0.4, -0.2) is 9.13 Å². The van der Waals surface area contributed by atoms with Crippen LogP contribution in [0.25, 0.3) is 199 Å². The van der Waals surface area contributed by atoms with Gasteiger partial charge in [0.25, 0.3) is 0 Å². The zero-order valence-corrected chi connectivity index (χ0v) is 57.8. The van der Waals surface area contributed by atoms with Crippen molar-refractivity contribution in [3.8, 4) is 112 Å². The first kappa shape index (κ1) is 61.8. The standard InChI is InChI=1S/C54H35NO.C48H31NO/c1-3-12-36(13-4-1)38-22-24-40(25-23-38)42-32-43(34-44(33-42)46-18-11-19-49-48-17-8-10-21-53(48)56-54(46)49)41-28-31-52-50(35-41)47-16-7-9-20-51(47)55(52)45-29-26-39(27-30-45)37-14-5-2-6-15-37;1-3-13-32(14-4-1)33-15-11-16-34(27-33)36-28-37(30-38(29-36)40-21-12-22-43-42-20-8-10-24-47(42)50-48(40)43)35-25-26-46-44(31-35)41-19-7-9-23-45(41)49(46)39-17-5-2-6-18-39/h1-35H;1-31H. The van der Waals surface area contributed by atoms with Crippen LogP contribution in [0.2, 0.25) is 0 Å². The summed E-state index contributed by atoms with van der Waals surface area (Å²) in [5, 5.41) is 9.46. The number of benzene rings is 17. The summed E-state index contributed by atoms with van der Waals surface area (Å²) >= 11 is 0. The molecule has 0 amide bonds. The van der Waals surface area contributed by atoms with E-state index >= 15 is 0 Å². The molecule has 0 bridgehead atoms. The van der Waals surface area contributed by atoms with Crippen LogP contribution in [0.4, 0.5) is 0 Å². The van der Waals surface area contributed by atoms with Crippen LogP contribution in [0, 0.1) is 0 Å².